The Hall–Kier alpha value is -3.29. The molecule has 0 saturated carbocycles. The summed E-state index contributed by atoms with van der Waals surface area (Å²) in [4.78, 5) is 14.7. The average Bonchev–Trinajstić information content (AvgIpc) is 3.23. The lowest BCUT2D eigenvalue weighted by Gasteiger charge is -2.28. The molecule has 7 heteroatoms. The first-order valence-electron chi connectivity index (χ1n) is 10.6. The van der Waals surface area contributed by atoms with Crippen molar-refractivity contribution < 1.29 is 23.8 Å². The van der Waals surface area contributed by atoms with Gasteiger partial charge in [0.05, 0.1) is 11.6 Å². The lowest BCUT2D eigenvalue weighted by molar-refractivity contribution is 0.0546. The number of nitrogens with zero attached hydrogens (tertiary/aromatic N) is 1. The predicted molar refractivity (Wildman–Crippen MR) is 122 cm³/mol. The van der Waals surface area contributed by atoms with Crippen molar-refractivity contribution in [1.29, 1.82) is 0 Å². The number of aromatic hydroxyl groups is 1. The van der Waals surface area contributed by atoms with Gasteiger partial charge in [0.15, 0.2) is 16.6 Å². The molecule has 0 fully saturated rings. The smallest absolute Gasteiger partial charge is 0.206 e. The third-order valence-corrected chi connectivity index (χ3v) is 5.46. The summed E-state index contributed by atoms with van der Waals surface area (Å²) in [6.45, 7) is 6.86. The summed E-state index contributed by atoms with van der Waals surface area (Å²) in [5.74, 6) is 0.364. The molecule has 4 aromatic rings. The average molecular weight is 437 g/mol. The van der Waals surface area contributed by atoms with Crippen LogP contribution in [-0.4, -0.2) is 40.4 Å². The van der Waals surface area contributed by atoms with Crippen LogP contribution in [0.2, 0.25) is 0 Å². The van der Waals surface area contributed by atoms with Crippen LogP contribution in [0.5, 0.6) is 11.5 Å². The maximum Gasteiger partial charge on any atom is 0.206 e. The number of hydrogen-bond donors (Lipinski definition) is 2. The second kappa shape index (κ2) is 9.06. The largest absolute Gasteiger partial charge is 0.506 e. The Bertz CT molecular complexity index is 1270. The molecule has 0 radical (unpaired) electrons. The zero-order chi connectivity index (χ0) is 22.8. The zero-order valence-corrected chi connectivity index (χ0v) is 18.4. The molecule has 2 N–H and O–H groups in total. The van der Waals surface area contributed by atoms with Crippen LogP contribution in [-0.2, 0) is 6.54 Å². The highest BCUT2D eigenvalue weighted by Gasteiger charge is 2.23. The number of hydrogen-bond acceptors (Lipinski definition) is 7. The highest BCUT2D eigenvalue weighted by atomic mass is 16.5. The fourth-order valence-corrected chi connectivity index (χ4v) is 3.81. The SMILES string of the molecule is Cc1cc(=O)c2c(O)c3ccoc3c(OCC(O)CN(Cc3ccccc3)C(C)C)c2o1. The van der Waals surface area contributed by atoms with Crippen LogP contribution in [0.25, 0.3) is 21.9 Å². The third-order valence-electron chi connectivity index (χ3n) is 5.46. The van der Waals surface area contributed by atoms with Crippen molar-refractivity contribution in [3.63, 3.8) is 0 Å². The molecule has 32 heavy (non-hydrogen) atoms. The lowest BCUT2D eigenvalue weighted by Crippen LogP contribution is -2.39. The van der Waals surface area contributed by atoms with Gasteiger partial charge in [-0.05, 0) is 32.4 Å². The molecule has 2 heterocycles. The predicted octanol–water partition coefficient (Wildman–Crippen LogP) is 4.20. The van der Waals surface area contributed by atoms with Gasteiger partial charge >= 0.3 is 0 Å². The molecule has 4 rings (SSSR count). The fourth-order valence-electron chi connectivity index (χ4n) is 3.81. The minimum atomic E-state index is -0.800. The number of rotatable bonds is 8. The van der Waals surface area contributed by atoms with Gasteiger partial charge in [0.25, 0.3) is 0 Å². The standard InChI is InChI=1S/C25H27NO6/c1-15(2)26(12-17-7-5-4-6-8-17)13-18(27)14-31-25-23-19(9-10-30-23)22(29)21-20(28)11-16(3)32-24(21)25/h4-11,15,18,27,29H,12-14H2,1-3H3. The van der Waals surface area contributed by atoms with E-state index in [9.17, 15) is 15.0 Å². The van der Waals surface area contributed by atoms with Crippen molar-refractivity contribution in [3.8, 4) is 11.5 Å². The minimum absolute atomic E-state index is 0.0295. The molecular weight excluding hydrogens is 410 g/mol. The summed E-state index contributed by atoms with van der Waals surface area (Å²) in [6, 6.07) is 13.2. The van der Waals surface area contributed by atoms with Crippen LogP contribution in [0.1, 0.15) is 25.2 Å². The van der Waals surface area contributed by atoms with Crippen molar-refractivity contribution in [2.45, 2.75) is 39.5 Å². The Kier molecular flexibility index (Phi) is 6.21. The molecule has 168 valence electrons. The van der Waals surface area contributed by atoms with Crippen molar-refractivity contribution >= 4 is 21.9 Å². The minimum Gasteiger partial charge on any atom is -0.506 e. The van der Waals surface area contributed by atoms with Crippen molar-refractivity contribution in [3.05, 3.63) is 70.3 Å². The van der Waals surface area contributed by atoms with E-state index in [0.717, 1.165) is 5.56 Å². The van der Waals surface area contributed by atoms with Gasteiger partial charge in [-0.25, -0.2) is 0 Å². The number of ether oxygens (including phenoxy) is 1. The number of benzene rings is 2. The zero-order valence-electron chi connectivity index (χ0n) is 18.4. The second-order valence-electron chi connectivity index (χ2n) is 8.24. The van der Waals surface area contributed by atoms with E-state index in [0.29, 0.717) is 24.2 Å². The summed E-state index contributed by atoms with van der Waals surface area (Å²) < 4.78 is 17.2. The molecule has 0 aliphatic carbocycles. The fraction of sp³-hybridized carbons (Fsp3) is 0.320. The Labute approximate surface area is 185 Å². The maximum absolute atomic E-state index is 12.5. The number of aliphatic hydroxyl groups is 1. The molecule has 0 aliphatic rings. The summed E-state index contributed by atoms with van der Waals surface area (Å²) in [7, 11) is 0. The molecule has 0 spiro atoms. The number of aliphatic hydroxyl groups excluding tert-OH is 1. The second-order valence-corrected chi connectivity index (χ2v) is 8.24. The molecule has 2 aromatic carbocycles. The van der Waals surface area contributed by atoms with E-state index < -0.39 is 6.10 Å². The van der Waals surface area contributed by atoms with E-state index in [1.165, 1.54) is 12.3 Å². The lowest BCUT2D eigenvalue weighted by atomic mass is 10.1. The van der Waals surface area contributed by atoms with Crippen molar-refractivity contribution in [1.82, 2.24) is 4.90 Å². The molecule has 1 atom stereocenters. The number of phenols is 1. The van der Waals surface area contributed by atoms with Crippen LogP contribution in [0.3, 0.4) is 0 Å². The number of furan rings is 1. The van der Waals surface area contributed by atoms with Crippen LogP contribution in [0, 0.1) is 6.92 Å². The third kappa shape index (κ3) is 4.35. The molecule has 0 bridgehead atoms. The maximum atomic E-state index is 12.5. The van der Waals surface area contributed by atoms with Crippen molar-refractivity contribution in [2.24, 2.45) is 0 Å². The van der Waals surface area contributed by atoms with Gasteiger partial charge < -0.3 is 23.8 Å². The first-order chi connectivity index (χ1) is 15.3. The number of fused-ring (bicyclic) bond motifs is 2. The van der Waals surface area contributed by atoms with Gasteiger partial charge in [0.2, 0.25) is 5.75 Å². The van der Waals surface area contributed by atoms with Crippen LogP contribution in [0.15, 0.2) is 62.4 Å². The van der Waals surface area contributed by atoms with E-state index in [1.54, 1.807) is 13.0 Å². The van der Waals surface area contributed by atoms with Crippen LogP contribution >= 0.6 is 0 Å². The Balaban J connectivity index is 1.58. The van der Waals surface area contributed by atoms with Gasteiger partial charge in [-0.15, -0.1) is 0 Å². The van der Waals surface area contributed by atoms with Gasteiger partial charge in [0, 0.05) is 25.2 Å². The summed E-state index contributed by atoms with van der Waals surface area (Å²) in [5, 5.41) is 21.7. The monoisotopic (exact) mass is 437 g/mol. The number of phenolic OH excluding ortho intramolecular Hbond substituents is 1. The van der Waals surface area contributed by atoms with E-state index in [2.05, 4.69) is 30.9 Å². The van der Waals surface area contributed by atoms with E-state index in [4.69, 9.17) is 13.6 Å². The first-order valence-corrected chi connectivity index (χ1v) is 10.6. The van der Waals surface area contributed by atoms with Crippen LogP contribution in [0.4, 0.5) is 0 Å². The molecule has 0 saturated heterocycles. The highest BCUT2D eigenvalue weighted by Crippen LogP contribution is 2.41. The molecular formula is C25H27NO6. The molecule has 0 aliphatic heterocycles. The van der Waals surface area contributed by atoms with Gasteiger partial charge in [0.1, 0.15) is 29.6 Å². The van der Waals surface area contributed by atoms with E-state index in [1.807, 2.05) is 18.2 Å². The van der Waals surface area contributed by atoms with Gasteiger partial charge in [-0.3, -0.25) is 9.69 Å². The molecule has 0 amide bonds. The van der Waals surface area contributed by atoms with E-state index >= 15 is 0 Å². The Morgan fingerprint density at radius 3 is 2.59 bits per heavy atom. The normalized spacial score (nSPS) is 12.8. The molecule has 7 nitrogen and oxygen atoms in total. The van der Waals surface area contributed by atoms with Crippen LogP contribution < -0.4 is 10.2 Å². The first kappa shape index (κ1) is 21.9. The summed E-state index contributed by atoms with van der Waals surface area (Å²) >= 11 is 0. The molecule has 1 unspecified atom stereocenters. The van der Waals surface area contributed by atoms with Gasteiger partial charge in [-0.2, -0.15) is 0 Å². The highest BCUT2D eigenvalue weighted by molar-refractivity contribution is 6.06. The summed E-state index contributed by atoms with van der Waals surface area (Å²) in [5.41, 5.74) is 1.16. The topological polar surface area (TPSA) is 96.3 Å². The quantitative estimate of drug-likeness (QED) is 0.426. The Morgan fingerprint density at radius 1 is 1.12 bits per heavy atom. The van der Waals surface area contributed by atoms with Crippen molar-refractivity contribution in [2.75, 3.05) is 13.2 Å². The summed E-state index contributed by atoms with van der Waals surface area (Å²) in [6.07, 6.45) is 0.607. The Morgan fingerprint density at radius 2 is 1.88 bits per heavy atom. The van der Waals surface area contributed by atoms with Gasteiger partial charge in [-0.1, -0.05) is 30.3 Å². The van der Waals surface area contributed by atoms with E-state index in [-0.39, 0.29) is 46.1 Å². The molecule has 2 aromatic heterocycles. The number of aryl methyl sites for hydroxylation is 1.